The molecule has 0 atom stereocenters. The van der Waals surface area contributed by atoms with Gasteiger partial charge in [-0.15, -0.1) is 0 Å². The highest BCUT2D eigenvalue weighted by atomic mass is 32.2. The van der Waals surface area contributed by atoms with Gasteiger partial charge in [-0.1, -0.05) is 24.1 Å². The van der Waals surface area contributed by atoms with Crippen LogP contribution in [0.3, 0.4) is 0 Å². The number of carboxylic acid groups (broad SMARTS) is 1. The largest absolute Gasteiger partial charge is 0.477 e. The first kappa shape index (κ1) is 18.0. The van der Waals surface area contributed by atoms with Crippen LogP contribution in [0.5, 0.6) is 0 Å². The summed E-state index contributed by atoms with van der Waals surface area (Å²) in [4.78, 5) is 15.2. The minimum atomic E-state index is -4.19. The fourth-order valence-electron chi connectivity index (χ4n) is 2.03. The number of anilines is 1. The summed E-state index contributed by atoms with van der Waals surface area (Å²) in [7, 11) is -4.19. The van der Waals surface area contributed by atoms with Crippen molar-refractivity contribution < 1.29 is 18.3 Å². The number of benzene rings is 1. The van der Waals surface area contributed by atoms with Gasteiger partial charge in [-0.3, -0.25) is 0 Å². The molecule has 0 saturated heterocycles. The predicted molar refractivity (Wildman–Crippen MR) is 95.8 cm³/mol. The summed E-state index contributed by atoms with van der Waals surface area (Å²) in [6.45, 7) is 4.04. The number of nitrogens with two attached hydrogens (primary N) is 1. The topological polar surface area (TPSA) is 127 Å². The van der Waals surface area contributed by atoms with Gasteiger partial charge in [-0.25, -0.2) is 13.9 Å². The van der Waals surface area contributed by atoms with Crippen LogP contribution in [0.2, 0.25) is 0 Å². The van der Waals surface area contributed by atoms with E-state index in [9.17, 15) is 18.3 Å². The normalized spacial score (nSPS) is 11.2. The average Bonchev–Trinajstić information content (AvgIpc) is 2.97. The highest BCUT2D eigenvalue weighted by molar-refractivity contribution is 8.00. The number of aliphatic imine (C=N–C) groups is 1. The maximum atomic E-state index is 11.5. The van der Waals surface area contributed by atoms with Crippen molar-refractivity contribution in [3.63, 3.8) is 0 Å². The van der Waals surface area contributed by atoms with Crippen molar-refractivity contribution in [2.24, 2.45) is 10.1 Å². The van der Waals surface area contributed by atoms with Gasteiger partial charge in [0.2, 0.25) is 0 Å². The molecule has 10 heteroatoms. The molecule has 0 aliphatic heterocycles. The third-order valence-electron chi connectivity index (χ3n) is 3.07. The summed E-state index contributed by atoms with van der Waals surface area (Å²) < 4.78 is 26.6. The minimum Gasteiger partial charge on any atom is -0.477 e. The fourth-order valence-corrected chi connectivity index (χ4v) is 3.32. The molecule has 0 unspecified atom stereocenters. The highest BCUT2D eigenvalue weighted by Crippen LogP contribution is 2.27. The highest BCUT2D eigenvalue weighted by Gasteiger charge is 2.22. The fraction of sp³-hybridized carbons (Fsp3) is 0.143. The lowest BCUT2D eigenvalue weighted by atomic mass is 10.1. The molecule has 0 saturated carbocycles. The van der Waals surface area contributed by atoms with Gasteiger partial charge < -0.3 is 14.8 Å². The monoisotopic (exact) mass is 368 g/mol. The van der Waals surface area contributed by atoms with E-state index in [0.29, 0.717) is 16.1 Å². The Morgan fingerprint density at radius 1 is 1.33 bits per heavy atom. The van der Waals surface area contributed by atoms with Crippen molar-refractivity contribution in [3.05, 3.63) is 42.2 Å². The number of aromatic nitrogens is 1. The zero-order chi connectivity index (χ0) is 17.7. The van der Waals surface area contributed by atoms with Crippen LogP contribution in [-0.4, -0.2) is 42.5 Å². The quantitative estimate of drug-likeness (QED) is 0.369. The Kier molecular flexibility index (Phi) is 5.65. The van der Waals surface area contributed by atoms with Crippen molar-refractivity contribution in [3.8, 4) is 11.1 Å². The maximum Gasteiger partial charge on any atom is 0.354 e. The van der Waals surface area contributed by atoms with E-state index in [0.717, 1.165) is 17.6 Å². The molecule has 1 heterocycles. The molecule has 0 aliphatic carbocycles. The van der Waals surface area contributed by atoms with E-state index in [4.69, 9.17) is 5.14 Å². The van der Waals surface area contributed by atoms with Crippen molar-refractivity contribution in [2.45, 2.75) is 0 Å². The number of carboxylic acids is 1. The third-order valence-corrected chi connectivity index (χ3v) is 4.69. The van der Waals surface area contributed by atoms with Crippen LogP contribution in [-0.2, 0) is 10.2 Å². The summed E-state index contributed by atoms with van der Waals surface area (Å²) >= 11 is 1.47. The molecule has 0 bridgehead atoms. The second-order valence-corrected chi connectivity index (χ2v) is 7.02. The van der Waals surface area contributed by atoms with E-state index in [2.05, 4.69) is 16.4 Å². The number of nitrogens with one attached hydrogen (secondary N) is 1. The molecule has 0 fully saturated rings. The minimum absolute atomic E-state index is 0.270. The van der Waals surface area contributed by atoms with Crippen molar-refractivity contribution in [2.75, 3.05) is 17.0 Å². The number of nitrogens with zero attached hydrogens (tertiary/aromatic N) is 2. The molecule has 1 aromatic heterocycles. The second kappa shape index (κ2) is 7.51. The summed E-state index contributed by atoms with van der Waals surface area (Å²) in [5.74, 6) is -0.607. The standard InChI is InChI=1S/C14H16N4O4S2/c1-16-7-9-23-17-11-4-2-10(3-5-11)12-6-8-18(24(15,21)22)13(12)14(19)20/h2-6,8,17H,1,7,9H2,(H,19,20)(H2,15,21,22). The van der Waals surface area contributed by atoms with Crippen LogP contribution >= 0.6 is 11.9 Å². The SMILES string of the molecule is C=NCCSNc1ccc(-c2ccn(S(N)(=O)=O)c2C(=O)O)cc1. The molecular weight excluding hydrogens is 352 g/mol. The Morgan fingerprint density at radius 3 is 2.54 bits per heavy atom. The van der Waals surface area contributed by atoms with Gasteiger partial charge in [-0.05, 0) is 30.5 Å². The van der Waals surface area contributed by atoms with E-state index >= 15 is 0 Å². The first-order valence-corrected chi connectivity index (χ1v) is 9.22. The first-order chi connectivity index (χ1) is 11.3. The van der Waals surface area contributed by atoms with E-state index in [1.165, 1.54) is 18.0 Å². The summed E-state index contributed by atoms with van der Waals surface area (Å²) in [5, 5.41) is 14.3. The summed E-state index contributed by atoms with van der Waals surface area (Å²) in [5.41, 5.74) is 1.27. The summed E-state index contributed by atoms with van der Waals surface area (Å²) in [6.07, 6.45) is 1.12. The van der Waals surface area contributed by atoms with Gasteiger partial charge in [0.15, 0.2) is 5.69 Å². The molecule has 2 rings (SSSR count). The Labute approximate surface area is 143 Å². The van der Waals surface area contributed by atoms with Gasteiger partial charge in [-0.2, -0.15) is 8.42 Å². The predicted octanol–water partition coefficient (Wildman–Crippen LogP) is 1.67. The zero-order valence-corrected chi connectivity index (χ0v) is 14.2. The Morgan fingerprint density at radius 2 is 2.00 bits per heavy atom. The number of hydrogen-bond donors (Lipinski definition) is 3. The third kappa shape index (κ3) is 4.16. The van der Waals surface area contributed by atoms with Gasteiger partial charge in [0.1, 0.15) is 0 Å². The average molecular weight is 368 g/mol. The lowest BCUT2D eigenvalue weighted by Gasteiger charge is -2.07. The van der Waals surface area contributed by atoms with Crippen LogP contribution in [0, 0.1) is 0 Å². The van der Waals surface area contributed by atoms with Crippen LogP contribution in [0.15, 0.2) is 41.5 Å². The molecule has 8 nitrogen and oxygen atoms in total. The lowest BCUT2D eigenvalue weighted by molar-refractivity contribution is 0.0690. The molecule has 1 aromatic carbocycles. The van der Waals surface area contributed by atoms with Crippen molar-refractivity contribution in [1.82, 2.24) is 3.97 Å². The van der Waals surface area contributed by atoms with Gasteiger partial charge in [0, 0.05) is 29.7 Å². The van der Waals surface area contributed by atoms with Crippen molar-refractivity contribution in [1.29, 1.82) is 0 Å². The van der Waals surface area contributed by atoms with Crippen molar-refractivity contribution >= 4 is 40.5 Å². The van der Waals surface area contributed by atoms with Gasteiger partial charge in [0.25, 0.3) is 0 Å². The first-order valence-electron chi connectivity index (χ1n) is 6.73. The Bertz CT molecular complexity index is 844. The molecule has 24 heavy (non-hydrogen) atoms. The molecule has 0 amide bonds. The molecule has 4 N–H and O–H groups in total. The van der Waals surface area contributed by atoms with Crippen LogP contribution < -0.4 is 9.86 Å². The molecule has 0 aliphatic rings. The molecular formula is C14H16N4O4S2. The summed E-state index contributed by atoms with van der Waals surface area (Å²) in [6, 6.07) is 8.34. The van der Waals surface area contributed by atoms with E-state index in [1.807, 2.05) is 0 Å². The molecule has 0 radical (unpaired) electrons. The molecule has 0 spiro atoms. The number of aromatic carboxylic acids is 1. The number of rotatable bonds is 8. The van der Waals surface area contributed by atoms with Crippen LogP contribution in [0.25, 0.3) is 11.1 Å². The molecule has 2 aromatic rings. The molecule has 128 valence electrons. The van der Waals surface area contributed by atoms with Gasteiger partial charge >= 0.3 is 16.2 Å². The zero-order valence-electron chi connectivity index (χ0n) is 12.5. The van der Waals surface area contributed by atoms with Crippen LogP contribution in [0.1, 0.15) is 10.5 Å². The second-order valence-electron chi connectivity index (χ2n) is 4.70. The smallest absolute Gasteiger partial charge is 0.354 e. The van der Waals surface area contributed by atoms with Gasteiger partial charge in [0.05, 0.1) is 0 Å². The number of carbonyl (C=O) groups is 1. The number of hydrogen-bond acceptors (Lipinski definition) is 6. The van der Waals surface area contributed by atoms with E-state index in [-0.39, 0.29) is 5.56 Å². The van der Waals surface area contributed by atoms with Crippen LogP contribution in [0.4, 0.5) is 5.69 Å². The van der Waals surface area contributed by atoms with E-state index in [1.54, 1.807) is 24.3 Å². The maximum absolute atomic E-state index is 11.5. The Hall–Kier alpha value is -2.30. The Balaban J connectivity index is 2.28. The van der Waals surface area contributed by atoms with E-state index < -0.39 is 21.9 Å². The lowest BCUT2D eigenvalue weighted by Crippen LogP contribution is -2.24.